The summed E-state index contributed by atoms with van der Waals surface area (Å²) >= 11 is 12.2. The molecule has 20 heavy (non-hydrogen) atoms. The molecule has 0 aliphatic rings. The first-order chi connectivity index (χ1) is 9.69. The molecule has 2 nitrogen and oxygen atoms in total. The fourth-order valence-corrected chi connectivity index (χ4v) is 2.70. The number of nitrogens with zero attached hydrogens (tertiary/aromatic N) is 1. The van der Waals surface area contributed by atoms with Crippen molar-refractivity contribution >= 4 is 23.2 Å². The van der Waals surface area contributed by atoms with Crippen molar-refractivity contribution in [2.24, 2.45) is 0 Å². The maximum Gasteiger partial charge on any atom is 0.0424 e. The molecule has 0 amide bonds. The van der Waals surface area contributed by atoms with E-state index in [1.54, 1.807) is 6.07 Å². The summed E-state index contributed by atoms with van der Waals surface area (Å²) in [5, 5.41) is 4.89. The first kappa shape index (κ1) is 15.3. The van der Waals surface area contributed by atoms with Crippen molar-refractivity contribution in [3.05, 3.63) is 63.9 Å². The molecular weight excluding hydrogens is 291 g/mol. The van der Waals surface area contributed by atoms with Gasteiger partial charge in [-0.2, -0.15) is 0 Å². The number of hydrogen-bond acceptors (Lipinski definition) is 2. The van der Waals surface area contributed by atoms with Gasteiger partial charge < -0.3 is 5.32 Å². The second kappa shape index (κ2) is 7.63. The number of nitrogens with one attached hydrogen (secondary N) is 1. The van der Waals surface area contributed by atoms with Crippen LogP contribution in [0, 0.1) is 0 Å². The van der Waals surface area contributed by atoms with Crippen molar-refractivity contribution < 1.29 is 0 Å². The highest BCUT2D eigenvalue weighted by Gasteiger charge is 2.13. The van der Waals surface area contributed by atoms with Crippen molar-refractivity contribution in [2.75, 3.05) is 6.54 Å². The third kappa shape index (κ3) is 4.48. The maximum atomic E-state index is 6.11. The van der Waals surface area contributed by atoms with Gasteiger partial charge >= 0.3 is 0 Å². The second-order valence-electron chi connectivity index (χ2n) is 4.77. The van der Waals surface area contributed by atoms with Gasteiger partial charge in [0, 0.05) is 28.5 Å². The van der Waals surface area contributed by atoms with Crippen LogP contribution in [0.15, 0.2) is 42.7 Å². The van der Waals surface area contributed by atoms with E-state index in [1.807, 2.05) is 36.7 Å². The Bertz CT molecular complexity index is 523. The van der Waals surface area contributed by atoms with Crippen LogP contribution < -0.4 is 5.32 Å². The Morgan fingerprint density at radius 2 is 1.75 bits per heavy atom. The lowest BCUT2D eigenvalue weighted by molar-refractivity contribution is 0.529. The van der Waals surface area contributed by atoms with E-state index in [0.717, 1.165) is 24.9 Å². The highest BCUT2D eigenvalue weighted by Crippen LogP contribution is 2.25. The van der Waals surface area contributed by atoms with Gasteiger partial charge in [0.05, 0.1) is 0 Å². The molecule has 0 aliphatic heterocycles. The standard InChI is InChI=1S/C16H18Cl2N2/c1-2-5-20-16(8-12-3-6-19-7-4-12)13-9-14(17)11-15(18)10-13/h3-4,6-7,9-11,16,20H,2,5,8H2,1H3. The smallest absolute Gasteiger partial charge is 0.0424 e. The molecular formula is C16H18Cl2N2. The molecule has 0 radical (unpaired) electrons. The Balaban J connectivity index is 2.22. The molecule has 0 saturated carbocycles. The quantitative estimate of drug-likeness (QED) is 0.838. The normalized spacial score (nSPS) is 12.3. The fourth-order valence-electron chi connectivity index (χ4n) is 2.16. The minimum absolute atomic E-state index is 0.202. The van der Waals surface area contributed by atoms with Gasteiger partial charge in [-0.25, -0.2) is 0 Å². The van der Waals surface area contributed by atoms with Gasteiger partial charge in [0.15, 0.2) is 0 Å². The lowest BCUT2D eigenvalue weighted by Crippen LogP contribution is -2.24. The number of aromatic nitrogens is 1. The zero-order valence-electron chi connectivity index (χ0n) is 11.4. The van der Waals surface area contributed by atoms with E-state index in [9.17, 15) is 0 Å². The van der Waals surface area contributed by atoms with Crippen molar-refractivity contribution in [1.82, 2.24) is 10.3 Å². The molecule has 1 heterocycles. The lowest BCUT2D eigenvalue weighted by Gasteiger charge is -2.19. The van der Waals surface area contributed by atoms with Crippen LogP contribution in [0.3, 0.4) is 0 Å². The third-order valence-corrected chi connectivity index (χ3v) is 3.55. The summed E-state index contributed by atoms with van der Waals surface area (Å²) in [7, 11) is 0. The molecule has 1 aromatic heterocycles. The number of rotatable bonds is 6. The molecule has 2 aromatic rings. The summed E-state index contributed by atoms with van der Waals surface area (Å²) in [6, 6.07) is 9.98. The average molecular weight is 309 g/mol. The zero-order valence-corrected chi connectivity index (χ0v) is 13.0. The van der Waals surface area contributed by atoms with Gasteiger partial charge in [0.1, 0.15) is 0 Å². The molecule has 4 heteroatoms. The SMILES string of the molecule is CCCNC(Cc1ccncc1)c1cc(Cl)cc(Cl)c1. The van der Waals surface area contributed by atoms with Gasteiger partial charge in [-0.1, -0.05) is 30.1 Å². The Morgan fingerprint density at radius 3 is 2.35 bits per heavy atom. The molecule has 1 atom stereocenters. The highest BCUT2D eigenvalue weighted by molar-refractivity contribution is 6.34. The molecule has 0 fully saturated rings. The van der Waals surface area contributed by atoms with Crippen LogP contribution in [0.25, 0.3) is 0 Å². The predicted molar refractivity (Wildman–Crippen MR) is 85.4 cm³/mol. The van der Waals surface area contributed by atoms with E-state index in [0.29, 0.717) is 10.0 Å². The number of pyridine rings is 1. The number of benzene rings is 1. The molecule has 0 aliphatic carbocycles. The molecule has 1 N–H and O–H groups in total. The van der Waals surface area contributed by atoms with E-state index >= 15 is 0 Å². The average Bonchev–Trinajstić information content (AvgIpc) is 2.43. The van der Waals surface area contributed by atoms with Crippen LogP contribution >= 0.6 is 23.2 Å². The van der Waals surface area contributed by atoms with Gasteiger partial charge in [0.25, 0.3) is 0 Å². The van der Waals surface area contributed by atoms with Crippen LogP contribution in [0.1, 0.15) is 30.5 Å². The zero-order chi connectivity index (χ0) is 14.4. The maximum absolute atomic E-state index is 6.11. The topological polar surface area (TPSA) is 24.9 Å². The minimum Gasteiger partial charge on any atom is -0.310 e. The Morgan fingerprint density at radius 1 is 1.10 bits per heavy atom. The van der Waals surface area contributed by atoms with E-state index in [1.165, 1.54) is 5.56 Å². The van der Waals surface area contributed by atoms with E-state index in [2.05, 4.69) is 17.2 Å². The number of hydrogen-bond donors (Lipinski definition) is 1. The van der Waals surface area contributed by atoms with Crippen LogP contribution in [-0.2, 0) is 6.42 Å². The van der Waals surface area contributed by atoms with Gasteiger partial charge in [-0.05, 0) is 60.8 Å². The fraction of sp³-hybridized carbons (Fsp3) is 0.312. The van der Waals surface area contributed by atoms with E-state index in [-0.39, 0.29) is 6.04 Å². The molecule has 0 bridgehead atoms. The molecule has 1 unspecified atom stereocenters. The summed E-state index contributed by atoms with van der Waals surface area (Å²) in [6.07, 6.45) is 5.61. The van der Waals surface area contributed by atoms with Crippen LogP contribution in [-0.4, -0.2) is 11.5 Å². The summed E-state index contributed by atoms with van der Waals surface area (Å²) in [5.74, 6) is 0. The van der Waals surface area contributed by atoms with Gasteiger partial charge in [-0.15, -0.1) is 0 Å². The van der Waals surface area contributed by atoms with Crippen molar-refractivity contribution in [2.45, 2.75) is 25.8 Å². The van der Waals surface area contributed by atoms with Crippen LogP contribution in [0.5, 0.6) is 0 Å². The third-order valence-electron chi connectivity index (χ3n) is 3.12. The Labute approximate surface area is 130 Å². The Hall–Kier alpha value is -1.09. The van der Waals surface area contributed by atoms with Crippen molar-refractivity contribution in [3.8, 4) is 0 Å². The van der Waals surface area contributed by atoms with Crippen LogP contribution in [0.2, 0.25) is 10.0 Å². The number of halogens is 2. The summed E-state index contributed by atoms with van der Waals surface area (Å²) < 4.78 is 0. The Kier molecular flexibility index (Phi) is 5.84. The highest BCUT2D eigenvalue weighted by atomic mass is 35.5. The molecule has 2 rings (SSSR count). The lowest BCUT2D eigenvalue weighted by atomic mass is 9.99. The summed E-state index contributed by atoms with van der Waals surface area (Å²) in [4.78, 5) is 4.05. The summed E-state index contributed by atoms with van der Waals surface area (Å²) in [5.41, 5.74) is 2.36. The molecule has 0 spiro atoms. The molecule has 1 aromatic carbocycles. The van der Waals surface area contributed by atoms with E-state index in [4.69, 9.17) is 23.2 Å². The monoisotopic (exact) mass is 308 g/mol. The van der Waals surface area contributed by atoms with Gasteiger partial charge in [-0.3, -0.25) is 4.98 Å². The van der Waals surface area contributed by atoms with Gasteiger partial charge in [0.2, 0.25) is 0 Å². The molecule has 106 valence electrons. The van der Waals surface area contributed by atoms with Crippen molar-refractivity contribution in [1.29, 1.82) is 0 Å². The first-order valence-electron chi connectivity index (χ1n) is 6.77. The predicted octanol–water partition coefficient (Wildman–Crippen LogP) is 4.67. The first-order valence-corrected chi connectivity index (χ1v) is 7.53. The second-order valence-corrected chi connectivity index (χ2v) is 5.64. The summed E-state index contributed by atoms with van der Waals surface area (Å²) in [6.45, 7) is 3.11. The molecule has 0 saturated heterocycles. The minimum atomic E-state index is 0.202. The largest absolute Gasteiger partial charge is 0.310 e. The van der Waals surface area contributed by atoms with Crippen molar-refractivity contribution in [3.63, 3.8) is 0 Å². The van der Waals surface area contributed by atoms with Crippen LogP contribution in [0.4, 0.5) is 0 Å². The van der Waals surface area contributed by atoms with E-state index < -0.39 is 0 Å².